The van der Waals surface area contributed by atoms with E-state index in [9.17, 15) is 16.8 Å². The highest BCUT2D eigenvalue weighted by Crippen LogP contribution is 2.30. The first-order valence-electron chi connectivity index (χ1n) is 11.7. The molecule has 0 aliphatic carbocycles. The van der Waals surface area contributed by atoms with E-state index in [1.807, 2.05) is 48.5 Å². The lowest BCUT2D eigenvalue weighted by Gasteiger charge is -2.13. The van der Waals surface area contributed by atoms with Gasteiger partial charge in [0.1, 0.15) is 0 Å². The summed E-state index contributed by atoms with van der Waals surface area (Å²) in [5.41, 5.74) is 2.82. The Labute approximate surface area is 212 Å². The van der Waals surface area contributed by atoms with Crippen LogP contribution in [0.1, 0.15) is 12.0 Å². The van der Waals surface area contributed by atoms with Gasteiger partial charge in [-0.05, 0) is 66.4 Å². The summed E-state index contributed by atoms with van der Waals surface area (Å²) < 4.78 is 52.2. The maximum atomic E-state index is 13.2. The van der Waals surface area contributed by atoms with Crippen molar-refractivity contribution in [1.82, 2.24) is 15.0 Å². The third kappa shape index (κ3) is 6.55. The van der Waals surface area contributed by atoms with E-state index in [4.69, 9.17) is 0 Å². The normalized spacial score (nSPS) is 12.1. The van der Waals surface area contributed by atoms with Crippen LogP contribution in [0.25, 0.3) is 21.9 Å². The molecule has 4 aromatic rings. The molecule has 0 bridgehead atoms. The second kappa shape index (κ2) is 11.3. The summed E-state index contributed by atoms with van der Waals surface area (Å²) in [6, 6.07) is 22.0. The molecule has 4 rings (SSSR count). The summed E-state index contributed by atoms with van der Waals surface area (Å²) in [6.07, 6.45) is 6.12. The summed E-state index contributed by atoms with van der Waals surface area (Å²) in [5, 5.41) is 4.65. The second-order valence-electron chi connectivity index (χ2n) is 8.60. The van der Waals surface area contributed by atoms with Gasteiger partial charge in [-0.1, -0.05) is 42.5 Å². The maximum absolute atomic E-state index is 13.2. The van der Waals surface area contributed by atoms with E-state index in [2.05, 4.69) is 15.0 Å². The zero-order valence-corrected chi connectivity index (χ0v) is 21.6. The number of nitrogens with one attached hydrogen (secondary N) is 2. The van der Waals surface area contributed by atoms with Crippen LogP contribution in [0, 0.1) is 0 Å². The van der Waals surface area contributed by atoms with Crippen molar-refractivity contribution in [3.63, 3.8) is 0 Å². The van der Waals surface area contributed by atoms with Crippen molar-refractivity contribution in [3.8, 4) is 11.1 Å². The fourth-order valence-electron chi connectivity index (χ4n) is 3.99. The third-order valence-electron chi connectivity index (χ3n) is 5.88. The molecule has 2 N–H and O–H groups in total. The standard InChI is InChI=1S/C27H29N3O4S2/c1-35(31,32)25-11-9-21(10-12-25)6-5-14-28-16-17-30-36(33,34)27-19-23(22-7-3-2-4-8-22)18-24-20-29-15-13-26(24)27/h2-4,7-13,15,18-20,28,30H,5-6,14,16-17H2,1H3. The van der Waals surface area contributed by atoms with Crippen LogP contribution in [-0.4, -0.2) is 47.7 Å². The number of hydrogen-bond acceptors (Lipinski definition) is 6. The molecule has 0 amide bonds. The molecule has 0 saturated carbocycles. The summed E-state index contributed by atoms with van der Waals surface area (Å²) >= 11 is 0. The third-order valence-corrected chi connectivity index (χ3v) is 8.51. The van der Waals surface area contributed by atoms with Crippen molar-refractivity contribution in [1.29, 1.82) is 0 Å². The molecule has 1 heterocycles. The Morgan fingerprint density at radius 1 is 0.806 bits per heavy atom. The molecular weight excluding hydrogens is 494 g/mol. The number of benzene rings is 3. The number of sulfonamides is 1. The van der Waals surface area contributed by atoms with Gasteiger partial charge in [-0.25, -0.2) is 21.6 Å². The Balaban J connectivity index is 1.33. The fraction of sp³-hybridized carbons (Fsp3) is 0.222. The minimum atomic E-state index is -3.74. The molecule has 188 valence electrons. The minimum Gasteiger partial charge on any atom is -0.315 e. The molecule has 9 heteroatoms. The number of pyridine rings is 1. The van der Waals surface area contributed by atoms with Crippen molar-refractivity contribution in [3.05, 3.63) is 90.8 Å². The predicted molar refractivity (Wildman–Crippen MR) is 143 cm³/mol. The smallest absolute Gasteiger partial charge is 0.241 e. The average molecular weight is 524 g/mol. The summed E-state index contributed by atoms with van der Waals surface area (Å²) in [5.74, 6) is 0. The first kappa shape index (κ1) is 26.0. The number of aromatic nitrogens is 1. The molecule has 0 unspecified atom stereocenters. The number of nitrogens with zero attached hydrogens (tertiary/aromatic N) is 1. The van der Waals surface area contributed by atoms with Crippen LogP contribution in [0.15, 0.2) is 95.0 Å². The molecule has 0 aliphatic rings. The quantitative estimate of drug-likeness (QED) is 0.290. The van der Waals surface area contributed by atoms with Gasteiger partial charge >= 0.3 is 0 Å². The molecule has 7 nitrogen and oxygen atoms in total. The van der Waals surface area contributed by atoms with Gasteiger partial charge in [0.25, 0.3) is 0 Å². The van der Waals surface area contributed by atoms with Gasteiger partial charge in [-0.2, -0.15) is 0 Å². The van der Waals surface area contributed by atoms with Gasteiger partial charge in [-0.15, -0.1) is 0 Å². The van der Waals surface area contributed by atoms with E-state index < -0.39 is 19.9 Å². The molecular formula is C27H29N3O4S2. The number of fused-ring (bicyclic) bond motifs is 1. The highest BCUT2D eigenvalue weighted by molar-refractivity contribution is 7.90. The second-order valence-corrected chi connectivity index (χ2v) is 12.4. The SMILES string of the molecule is CS(=O)(=O)c1ccc(CCCNCCNS(=O)(=O)c2cc(-c3ccccc3)cc3cnccc23)cc1. The first-order chi connectivity index (χ1) is 17.2. The monoisotopic (exact) mass is 523 g/mol. The first-order valence-corrected chi connectivity index (χ1v) is 15.0. The number of aryl methyl sites for hydroxylation is 1. The Morgan fingerprint density at radius 3 is 2.28 bits per heavy atom. The minimum absolute atomic E-state index is 0.235. The van der Waals surface area contributed by atoms with E-state index in [0.29, 0.717) is 23.4 Å². The van der Waals surface area contributed by atoms with Crippen LogP contribution >= 0.6 is 0 Å². The van der Waals surface area contributed by atoms with Crippen molar-refractivity contribution in [2.75, 3.05) is 25.9 Å². The Bertz CT molecular complexity index is 1540. The highest BCUT2D eigenvalue weighted by atomic mass is 32.2. The lowest BCUT2D eigenvalue weighted by atomic mass is 10.0. The highest BCUT2D eigenvalue weighted by Gasteiger charge is 2.18. The maximum Gasteiger partial charge on any atom is 0.241 e. The van der Waals surface area contributed by atoms with Gasteiger partial charge in [0.2, 0.25) is 10.0 Å². The van der Waals surface area contributed by atoms with Crippen molar-refractivity contribution in [2.24, 2.45) is 0 Å². The molecule has 0 fully saturated rings. The molecule has 0 atom stereocenters. The predicted octanol–water partition coefficient (Wildman–Crippen LogP) is 3.81. The van der Waals surface area contributed by atoms with Crippen LogP contribution in [0.5, 0.6) is 0 Å². The summed E-state index contributed by atoms with van der Waals surface area (Å²) in [6.45, 7) is 1.46. The molecule has 0 saturated heterocycles. The van der Waals surface area contributed by atoms with Gasteiger partial charge in [-0.3, -0.25) is 4.98 Å². The average Bonchev–Trinajstić information content (AvgIpc) is 2.87. The van der Waals surface area contributed by atoms with Gasteiger partial charge in [0, 0.05) is 42.5 Å². The number of sulfone groups is 1. The zero-order chi connectivity index (χ0) is 25.6. The Morgan fingerprint density at radius 2 is 1.56 bits per heavy atom. The molecule has 0 spiro atoms. The largest absolute Gasteiger partial charge is 0.315 e. The van der Waals surface area contributed by atoms with Crippen molar-refractivity contribution in [2.45, 2.75) is 22.6 Å². The molecule has 0 aliphatic heterocycles. The van der Waals surface area contributed by atoms with E-state index in [1.54, 1.807) is 36.7 Å². The molecule has 1 aromatic heterocycles. The van der Waals surface area contributed by atoms with Crippen molar-refractivity contribution < 1.29 is 16.8 Å². The van der Waals surface area contributed by atoms with Crippen LogP contribution in [-0.2, 0) is 26.3 Å². The molecule has 0 radical (unpaired) electrons. The van der Waals surface area contributed by atoms with Crippen LogP contribution in [0.4, 0.5) is 0 Å². The topological polar surface area (TPSA) is 105 Å². The van der Waals surface area contributed by atoms with Gasteiger partial charge in [0.05, 0.1) is 9.79 Å². The number of rotatable bonds is 11. The van der Waals surface area contributed by atoms with Gasteiger partial charge < -0.3 is 5.32 Å². The van der Waals surface area contributed by atoms with Crippen LogP contribution in [0.3, 0.4) is 0 Å². The van der Waals surface area contributed by atoms with E-state index in [1.165, 1.54) is 6.26 Å². The lowest BCUT2D eigenvalue weighted by Crippen LogP contribution is -2.32. The summed E-state index contributed by atoms with van der Waals surface area (Å²) in [7, 11) is -6.92. The Hall–Kier alpha value is -3.11. The van der Waals surface area contributed by atoms with Crippen LogP contribution < -0.4 is 10.0 Å². The Kier molecular flexibility index (Phi) is 8.15. The lowest BCUT2D eigenvalue weighted by molar-refractivity contribution is 0.575. The van der Waals surface area contributed by atoms with Gasteiger partial charge in [0.15, 0.2) is 9.84 Å². The number of hydrogen-bond donors (Lipinski definition) is 2. The van der Waals surface area contributed by atoms with E-state index in [0.717, 1.165) is 34.9 Å². The zero-order valence-electron chi connectivity index (χ0n) is 20.0. The molecule has 36 heavy (non-hydrogen) atoms. The summed E-state index contributed by atoms with van der Waals surface area (Å²) in [4.78, 5) is 4.71. The van der Waals surface area contributed by atoms with E-state index in [-0.39, 0.29) is 11.4 Å². The molecule has 3 aromatic carbocycles. The van der Waals surface area contributed by atoms with Crippen molar-refractivity contribution >= 4 is 30.6 Å². The fourth-order valence-corrected chi connectivity index (χ4v) is 5.91. The van der Waals surface area contributed by atoms with E-state index >= 15 is 0 Å². The van der Waals surface area contributed by atoms with Crippen LogP contribution in [0.2, 0.25) is 0 Å².